The average molecular weight is 339 g/mol. The van der Waals surface area contributed by atoms with Crippen molar-refractivity contribution in [2.75, 3.05) is 5.32 Å². The molecule has 4 rings (SSSR count). The highest BCUT2D eigenvalue weighted by molar-refractivity contribution is 6.03. The monoisotopic (exact) mass is 339 g/mol. The number of amides is 2. The van der Waals surface area contributed by atoms with Crippen LogP contribution in [0.25, 0.3) is 0 Å². The third-order valence-corrected chi connectivity index (χ3v) is 4.94. The lowest BCUT2D eigenvalue weighted by molar-refractivity contribution is 0.0922. The van der Waals surface area contributed by atoms with Gasteiger partial charge in [-0.15, -0.1) is 0 Å². The molecule has 2 bridgehead atoms. The van der Waals surface area contributed by atoms with Gasteiger partial charge in [0.1, 0.15) is 0 Å². The molecule has 130 valence electrons. The summed E-state index contributed by atoms with van der Waals surface area (Å²) in [5, 5.41) is 9.45. The van der Waals surface area contributed by atoms with Crippen molar-refractivity contribution in [2.45, 2.75) is 43.8 Å². The number of rotatable bonds is 4. The molecule has 0 radical (unpaired) electrons. The zero-order chi connectivity index (χ0) is 17.2. The van der Waals surface area contributed by atoms with Gasteiger partial charge in [-0.25, -0.2) is 0 Å². The fourth-order valence-electron chi connectivity index (χ4n) is 3.78. The third kappa shape index (κ3) is 3.58. The third-order valence-electron chi connectivity index (χ3n) is 4.94. The maximum Gasteiger partial charge on any atom is 0.291 e. The maximum atomic E-state index is 12.6. The summed E-state index contributed by atoms with van der Waals surface area (Å²) in [5.74, 6) is -0.196. The second kappa shape index (κ2) is 6.72. The van der Waals surface area contributed by atoms with Crippen LogP contribution >= 0.6 is 0 Å². The molecule has 1 aromatic heterocycles. The molecule has 2 saturated heterocycles. The molecular weight excluding hydrogens is 318 g/mol. The Morgan fingerprint density at radius 2 is 1.84 bits per heavy atom. The summed E-state index contributed by atoms with van der Waals surface area (Å²) < 4.78 is 5.07. The number of piperidine rings is 1. The van der Waals surface area contributed by atoms with Crippen molar-refractivity contribution in [1.82, 2.24) is 10.6 Å². The van der Waals surface area contributed by atoms with E-state index in [1.165, 1.54) is 19.1 Å². The van der Waals surface area contributed by atoms with Crippen LogP contribution in [-0.2, 0) is 0 Å². The number of furan rings is 1. The molecule has 3 N–H and O–H groups in total. The Kier molecular flexibility index (Phi) is 4.28. The van der Waals surface area contributed by atoms with Crippen molar-refractivity contribution in [3.8, 4) is 0 Å². The normalized spacial score (nSPS) is 24.7. The van der Waals surface area contributed by atoms with E-state index < -0.39 is 0 Å². The minimum Gasteiger partial charge on any atom is -0.459 e. The molecule has 0 spiro atoms. The number of benzene rings is 1. The Morgan fingerprint density at radius 1 is 1.04 bits per heavy atom. The van der Waals surface area contributed by atoms with E-state index in [-0.39, 0.29) is 23.6 Å². The molecule has 6 nitrogen and oxygen atoms in total. The van der Waals surface area contributed by atoms with Crippen LogP contribution in [0, 0.1) is 0 Å². The summed E-state index contributed by atoms with van der Waals surface area (Å²) in [6.07, 6.45) is 5.82. The van der Waals surface area contributed by atoms with E-state index in [2.05, 4.69) is 16.0 Å². The van der Waals surface area contributed by atoms with E-state index >= 15 is 0 Å². The van der Waals surface area contributed by atoms with Crippen molar-refractivity contribution in [2.24, 2.45) is 0 Å². The number of hydrogen-bond donors (Lipinski definition) is 3. The lowest BCUT2D eigenvalue weighted by Crippen LogP contribution is -2.48. The van der Waals surface area contributed by atoms with E-state index in [1.54, 1.807) is 36.4 Å². The highest BCUT2D eigenvalue weighted by Gasteiger charge is 2.34. The van der Waals surface area contributed by atoms with E-state index in [9.17, 15) is 9.59 Å². The van der Waals surface area contributed by atoms with E-state index in [1.807, 2.05) is 0 Å². The molecule has 2 aliphatic rings. The molecule has 2 aromatic rings. The molecule has 0 aliphatic carbocycles. The SMILES string of the molecule is O=C(NC1CC2CCC(C1)N2)c1cccc(NC(=O)c2ccco2)c1. The summed E-state index contributed by atoms with van der Waals surface area (Å²) >= 11 is 0. The minimum absolute atomic E-state index is 0.0969. The summed E-state index contributed by atoms with van der Waals surface area (Å²) in [6, 6.07) is 11.5. The molecule has 3 heterocycles. The quantitative estimate of drug-likeness (QED) is 0.799. The van der Waals surface area contributed by atoms with Gasteiger partial charge < -0.3 is 20.4 Å². The van der Waals surface area contributed by atoms with Crippen LogP contribution in [0.5, 0.6) is 0 Å². The van der Waals surface area contributed by atoms with Crippen LogP contribution in [0.15, 0.2) is 47.1 Å². The first-order chi connectivity index (χ1) is 12.2. The summed E-state index contributed by atoms with van der Waals surface area (Å²) in [7, 11) is 0. The van der Waals surface area contributed by atoms with E-state index in [0.717, 1.165) is 12.8 Å². The highest BCUT2D eigenvalue weighted by atomic mass is 16.3. The van der Waals surface area contributed by atoms with Gasteiger partial charge in [-0.1, -0.05) is 6.07 Å². The molecule has 2 unspecified atom stereocenters. The van der Waals surface area contributed by atoms with Crippen LogP contribution < -0.4 is 16.0 Å². The zero-order valence-corrected chi connectivity index (χ0v) is 13.8. The molecule has 2 amide bonds. The maximum absolute atomic E-state index is 12.6. The first-order valence-electron chi connectivity index (χ1n) is 8.69. The van der Waals surface area contributed by atoms with Crippen LogP contribution in [0.3, 0.4) is 0 Å². The standard InChI is InChI=1S/C19H21N3O3/c23-18(22-16-10-14-6-7-15(11-16)20-14)12-3-1-4-13(9-12)21-19(24)17-5-2-8-25-17/h1-5,8-9,14-16,20H,6-7,10-11H2,(H,21,24)(H,22,23). The van der Waals surface area contributed by atoms with Crippen LogP contribution in [-0.4, -0.2) is 29.9 Å². The second-order valence-corrected chi connectivity index (χ2v) is 6.79. The van der Waals surface area contributed by atoms with Gasteiger partial charge in [0.25, 0.3) is 11.8 Å². The van der Waals surface area contributed by atoms with Crippen molar-refractivity contribution in [3.05, 3.63) is 54.0 Å². The lowest BCUT2D eigenvalue weighted by atomic mass is 9.99. The van der Waals surface area contributed by atoms with E-state index in [0.29, 0.717) is 23.3 Å². The van der Waals surface area contributed by atoms with Crippen molar-refractivity contribution >= 4 is 17.5 Å². The zero-order valence-electron chi connectivity index (χ0n) is 13.8. The Balaban J connectivity index is 1.40. The molecule has 2 aliphatic heterocycles. The van der Waals surface area contributed by atoms with Crippen LogP contribution in [0.4, 0.5) is 5.69 Å². The summed E-state index contributed by atoms with van der Waals surface area (Å²) in [4.78, 5) is 24.6. The molecule has 2 atom stereocenters. The molecule has 1 aromatic carbocycles. The van der Waals surface area contributed by atoms with Gasteiger partial charge in [0.2, 0.25) is 0 Å². The van der Waals surface area contributed by atoms with Crippen molar-refractivity contribution < 1.29 is 14.0 Å². The molecule has 25 heavy (non-hydrogen) atoms. The minimum atomic E-state index is -0.336. The average Bonchev–Trinajstić information content (AvgIpc) is 3.25. The van der Waals surface area contributed by atoms with Crippen LogP contribution in [0.2, 0.25) is 0 Å². The largest absolute Gasteiger partial charge is 0.459 e. The van der Waals surface area contributed by atoms with Gasteiger partial charge in [-0.2, -0.15) is 0 Å². The van der Waals surface area contributed by atoms with Crippen molar-refractivity contribution in [3.63, 3.8) is 0 Å². The molecule has 6 heteroatoms. The number of carbonyl (C=O) groups excluding carboxylic acids is 2. The number of fused-ring (bicyclic) bond motifs is 2. The number of nitrogens with one attached hydrogen (secondary N) is 3. The first kappa shape index (κ1) is 15.9. The molecule has 0 saturated carbocycles. The van der Waals surface area contributed by atoms with Gasteiger partial charge in [0.15, 0.2) is 5.76 Å². The van der Waals surface area contributed by atoms with Gasteiger partial charge >= 0.3 is 0 Å². The summed E-state index contributed by atoms with van der Waals surface area (Å²) in [6.45, 7) is 0. The summed E-state index contributed by atoms with van der Waals surface area (Å²) in [5.41, 5.74) is 1.11. The van der Waals surface area contributed by atoms with Gasteiger partial charge in [-0.3, -0.25) is 9.59 Å². The smallest absolute Gasteiger partial charge is 0.291 e. The Hall–Kier alpha value is -2.60. The Bertz CT molecular complexity index is 760. The van der Waals surface area contributed by atoms with Gasteiger partial charge in [0, 0.05) is 29.4 Å². The molecular formula is C19H21N3O3. The van der Waals surface area contributed by atoms with Crippen LogP contribution in [0.1, 0.15) is 46.6 Å². The van der Waals surface area contributed by atoms with Crippen molar-refractivity contribution in [1.29, 1.82) is 0 Å². The van der Waals surface area contributed by atoms with Gasteiger partial charge in [0.05, 0.1) is 6.26 Å². The van der Waals surface area contributed by atoms with Gasteiger partial charge in [-0.05, 0) is 56.0 Å². The number of carbonyl (C=O) groups is 2. The Labute approximate surface area is 146 Å². The molecule has 2 fully saturated rings. The number of hydrogen-bond acceptors (Lipinski definition) is 4. The highest BCUT2D eigenvalue weighted by Crippen LogP contribution is 2.27. The Morgan fingerprint density at radius 3 is 2.56 bits per heavy atom. The fourth-order valence-corrected chi connectivity index (χ4v) is 3.78. The predicted octanol–water partition coefficient (Wildman–Crippen LogP) is 2.54. The predicted molar refractivity (Wildman–Crippen MR) is 93.5 cm³/mol. The second-order valence-electron chi connectivity index (χ2n) is 6.79. The van der Waals surface area contributed by atoms with E-state index in [4.69, 9.17) is 4.42 Å². The first-order valence-corrected chi connectivity index (χ1v) is 8.69. The fraction of sp³-hybridized carbons (Fsp3) is 0.368. The number of anilines is 1. The lowest BCUT2D eigenvalue weighted by Gasteiger charge is -2.29. The topological polar surface area (TPSA) is 83.4 Å².